The van der Waals surface area contributed by atoms with Gasteiger partial charge in [-0.3, -0.25) is 10.1 Å². The highest BCUT2D eigenvalue weighted by atomic mass is 32.2. The second-order valence-electron chi connectivity index (χ2n) is 4.90. The maximum absolute atomic E-state index is 13.5. The quantitative estimate of drug-likeness (QED) is 0.226. The summed E-state index contributed by atoms with van der Waals surface area (Å²) in [5.74, 6) is -0.629. The van der Waals surface area contributed by atoms with E-state index in [1.165, 1.54) is 38.1 Å². The third-order valence-corrected chi connectivity index (χ3v) is 4.34. The molecule has 0 heterocycles. The van der Waals surface area contributed by atoms with Crippen LogP contribution >= 0.6 is 11.8 Å². The first-order valence-corrected chi connectivity index (χ1v) is 8.41. The van der Waals surface area contributed by atoms with Crippen LogP contribution < -0.4 is 9.47 Å². The fraction of sp³-hybridized carbons (Fsp3) is 0.235. The lowest BCUT2D eigenvalue weighted by molar-refractivity contribution is -0.385. The molecule has 0 N–H and O–H groups in total. The van der Waals surface area contributed by atoms with Crippen LogP contribution in [0.2, 0.25) is 0 Å². The molecule has 0 radical (unpaired) electrons. The van der Waals surface area contributed by atoms with Crippen LogP contribution in [0.1, 0.15) is 10.4 Å². The molecule has 0 fully saturated rings. The molecular weight excluding hydrogens is 365 g/mol. The molecule has 0 aliphatic rings. The van der Waals surface area contributed by atoms with E-state index >= 15 is 0 Å². The summed E-state index contributed by atoms with van der Waals surface area (Å²) >= 11 is 1.18. The average molecular weight is 381 g/mol. The van der Waals surface area contributed by atoms with Gasteiger partial charge < -0.3 is 14.2 Å². The van der Waals surface area contributed by atoms with Crippen molar-refractivity contribution in [1.29, 1.82) is 0 Å². The number of halogens is 1. The molecule has 0 aliphatic carbocycles. The van der Waals surface area contributed by atoms with Crippen LogP contribution in [0.3, 0.4) is 0 Å². The lowest BCUT2D eigenvalue weighted by Crippen LogP contribution is -2.11. The van der Waals surface area contributed by atoms with Crippen molar-refractivity contribution in [2.24, 2.45) is 0 Å². The second kappa shape index (κ2) is 9.04. The zero-order valence-electron chi connectivity index (χ0n) is 14.1. The molecule has 0 aliphatic heterocycles. The van der Waals surface area contributed by atoms with Crippen molar-refractivity contribution >= 4 is 23.4 Å². The molecular formula is C17H16FNO6S. The number of thioether (sulfide) groups is 1. The lowest BCUT2D eigenvalue weighted by Gasteiger charge is -2.10. The van der Waals surface area contributed by atoms with Crippen molar-refractivity contribution < 1.29 is 28.3 Å². The summed E-state index contributed by atoms with van der Waals surface area (Å²) in [5, 5.41) is 11.2. The number of hydrogen-bond acceptors (Lipinski definition) is 7. The Morgan fingerprint density at radius 2 is 1.85 bits per heavy atom. The Bertz CT molecular complexity index is 814. The Kier molecular flexibility index (Phi) is 6.79. The molecule has 0 saturated heterocycles. The van der Waals surface area contributed by atoms with Crippen LogP contribution in [-0.2, 0) is 4.74 Å². The van der Waals surface area contributed by atoms with E-state index in [0.717, 1.165) is 6.07 Å². The molecule has 2 aromatic rings. The minimum Gasteiger partial charge on any atom is -0.493 e. The molecule has 2 rings (SSSR count). The summed E-state index contributed by atoms with van der Waals surface area (Å²) < 4.78 is 28.6. The molecule has 7 nitrogen and oxygen atoms in total. The van der Waals surface area contributed by atoms with E-state index in [4.69, 9.17) is 14.2 Å². The predicted octanol–water partition coefficient (Wildman–Crippen LogP) is 3.70. The van der Waals surface area contributed by atoms with Crippen molar-refractivity contribution in [1.82, 2.24) is 0 Å². The van der Waals surface area contributed by atoms with Gasteiger partial charge in [0.15, 0.2) is 11.5 Å². The molecule has 0 aromatic heterocycles. The lowest BCUT2D eigenvalue weighted by atomic mass is 10.1. The summed E-state index contributed by atoms with van der Waals surface area (Å²) in [4.78, 5) is 23.1. The van der Waals surface area contributed by atoms with Gasteiger partial charge in [0.1, 0.15) is 18.0 Å². The predicted molar refractivity (Wildman–Crippen MR) is 93.6 cm³/mol. The molecule has 0 atom stereocenters. The van der Waals surface area contributed by atoms with Gasteiger partial charge in [0.2, 0.25) is 0 Å². The van der Waals surface area contributed by atoms with Gasteiger partial charge in [0, 0.05) is 16.7 Å². The molecule has 9 heteroatoms. The fourth-order valence-corrected chi connectivity index (χ4v) is 2.88. The molecule has 0 spiro atoms. The maximum Gasteiger partial charge on any atom is 0.345 e. The zero-order valence-corrected chi connectivity index (χ0v) is 14.9. The van der Waals surface area contributed by atoms with Gasteiger partial charge >= 0.3 is 5.97 Å². The summed E-state index contributed by atoms with van der Waals surface area (Å²) in [7, 11) is 2.68. The van der Waals surface area contributed by atoms with E-state index in [2.05, 4.69) is 0 Å². The molecule has 0 saturated carbocycles. The topological polar surface area (TPSA) is 87.9 Å². The summed E-state index contributed by atoms with van der Waals surface area (Å²) in [6.45, 7) is -0.0384. The van der Waals surface area contributed by atoms with Crippen molar-refractivity contribution in [3.63, 3.8) is 0 Å². The number of hydrogen-bond donors (Lipinski definition) is 0. The van der Waals surface area contributed by atoms with Crippen LogP contribution in [0, 0.1) is 15.9 Å². The SMILES string of the molecule is COc1cc(C(=O)OCCSc2ccccc2F)c([N+](=O)[O-])cc1OC. The van der Waals surface area contributed by atoms with E-state index in [-0.39, 0.29) is 29.5 Å². The van der Waals surface area contributed by atoms with E-state index in [1.54, 1.807) is 18.2 Å². The molecule has 2 aromatic carbocycles. The number of nitrogens with zero attached hydrogens (tertiary/aromatic N) is 1. The van der Waals surface area contributed by atoms with Gasteiger partial charge in [0.05, 0.1) is 25.2 Å². The number of ether oxygens (including phenoxy) is 3. The number of carbonyl (C=O) groups is 1. The van der Waals surface area contributed by atoms with Crippen molar-refractivity contribution in [3.8, 4) is 11.5 Å². The Labute approximate surface area is 153 Å². The highest BCUT2D eigenvalue weighted by Crippen LogP contribution is 2.34. The van der Waals surface area contributed by atoms with Gasteiger partial charge in [-0.15, -0.1) is 11.8 Å². The smallest absolute Gasteiger partial charge is 0.345 e. The highest BCUT2D eigenvalue weighted by Gasteiger charge is 2.25. The van der Waals surface area contributed by atoms with Gasteiger partial charge in [0.25, 0.3) is 5.69 Å². The number of nitro groups is 1. The number of methoxy groups -OCH3 is 2. The van der Waals surface area contributed by atoms with Crippen LogP contribution in [0.4, 0.5) is 10.1 Å². The van der Waals surface area contributed by atoms with Gasteiger partial charge in [-0.05, 0) is 12.1 Å². The molecule has 0 unspecified atom stereocenters. The summed E-state index contributed by atoms with van der Waals surface area (Å²) in [5.41, 5.74) is -0.696. The van der Waals surface area contributed by atoms with Gasteiger partial charge in [-0.25, -0.2) is 9.18 Å². The summed E-state index contributed by atoms with van der Waals surface area (Å²) in [6.07, 6.45) is 0. The van der Waals surface area contributed by atoms with Crippen LogP contribution in [-0.4, -0.2) is 37.5 Å². The number of nitro benzene ring substituents is 1. The van der Waals surface area contributed by atoms with Crippen LogP contribution in [0.25, 0.3) is 0 Å². The Hall–Kier alpha value is -2.81. The molecule has 0 amide bonds. The monoisotopic (exact) mass is 381 g/mol. The van der Waals surface area contributed by atoms with Crippen LogP contribution in [0.15, 0.2) is 41.3 Å². The highest BCUT2D eigenvalue weighted by molar-refractivity contribution is 7.99. The number of benzene rings is 2. The Morgan fingerprint density at radius 3 is 2.46 bits per heavy atom. The second-order valence-corrected chi connectivity index (χ2v) is 6.03. The average Bonchev–Trinajstić information content (AvgIpc) is 2.65. The first-order chi connectivity index (χ1) is 12.5. The number of esters is 1. The summed E-state index contributed by atoms with van der Waals surface area (Å²) in [6, 6.07) is 8.52. The van der Waals surface area contributed by atoms with Gasteiger partial charge in [-0.2, -0.15) is 0 Å². The number of carbonyl (C=O) groups excluding carboxylic acids is 1. The van der Waals surface area contributed by atoms with Crippen molar-refractivity contribution in [3.05, 3.63) is 57.9 Å². The Morgan fingerprint density at radius 1 is 1.19 bits per heavy atom. The fourth-order valence-electron chi connectivity index (χ4n) is 2.11. The standard InChI is InChI=1S/C17H16FNO6S/c1-23-14-9-11(13(19(21)22)10-15(14)24-2)17(20)25-7-8-26-16-6-4-3-5-12(16)18/h3-6,9-10H,7-8H2,1-2H3. The van der Waals surface area contributed by atoms with Crippen molar-refractivity contribution in [2.45, 2.75) is 4.90 Å². The first kappa shape index (κ1) is 19.5. The van der Waals surface area contributed by atoms with Crippen molar-refractivity contribution in [2.75, 3.05) is 26.6 Å². The number of rotatable bonds is 8. The molecule has 26 heavy (non-hydrogen) atoms. The van der Waals surface area contributed by atoms with E-state index in [1.807, 2.05) is 0 Å². The van der Waals surface area contributed by atoms with E-state index < -0.39 is 16.6 Å². The Balaban J connectivity index is 2.06. The third-order valence-electron chi connectivity index (χ3n) is 3.33. The third kappa shape index (κ3) is 4.63. The first-order valence-electron chi connectivity index (χ1n) is 7.42. The normalized spacial score (nSPS) is 10.3. The maximum atomic E-state index is 13.5. The van der Waals surface area contributed by atoms with Crippen LogP contribution in [0.5, 0.6) is 11.5 Å². The minimum atomic E-state index is -0.869. The molecule has 0 bridgehead atoms. The largest absolute Gasteiger partial charge is 0.493 e. The van der Waals surface area contributed by atoms with Gasteiger partial charge in [-0.1, -0.05) is 12.1 Å². The van der Waals surface area contributed by atoms with E-state index in [9.17, 15) is 19.3 Å². The molecule has 138 valence electrons. The zero-order chi connectivity index (χ0) is 19.1. The van der Waals surface area contributed by atoms with E-state index in [0.29, 0.717) is 10.6 Å². The minimum absolute atomic E-state index is 0.0384.